The zero-order valence-corrected chi connectivity index (χ0v) is 9.36. The van der Waals surface area contributed by atoms with Crippen LogP contribution in [0, 0.1) is 5.92 Å². The summed E-state index contributed by atoms with van der Waals surface area (Å²) in [5.74, 6) is 1.06. The number of ketones is 1. The van der Waals surface area contributed by atoms with Crippen molar-refractivity contribution in [2.45, 2.75) is 26.7 Å². The predicted octanol–water partition coefficient (Wildman–Crippen LogP) is 1.64. The molecule has 0 radical (unpaired) electrons. The summed E-state index contributed by atoms with van der Waals surface area (Å²) in [4.78, 5) is 11.5. The summed E-state index contributed by atoms with van der Waals surface area (Å²) in [5, 5.41) is 7.71. The highest BCUT2D eigenvalue weighted by atomic mass is 16.5. The fourth-order valence-electron chi connectivity index (χ4n) is 1.28. The first-order chi connectivity index (χ1) is 7.11. The lowest BCUT2D eigenvalue weighted by molar-refractivity contribution is -0.119. The van der Waals surface area contributed by atoms with Crippen LogP contribution in [0.5, 0.6) is 5.88 Å². The molecule has 4 heteroatoms. The average molecular weight is 208 g/mol. The van der Waals surface area contributed by atoms with E-state index in [0.717, 1.165) is 0 Å². The van der Waals surface area contributed by atoms with Crippen LogP contribution in [0.25, 0.3) is 0 Å². The number of carbonyl (C=O) groups is 1. The third kappa shape index (κ3) is 4.06. The molecule has 0 spiro atoms. The van der Waals surface area contributed by atoms with Crippen molar-refractivity contribution in [1.82, 2.24) is 10.2 Å². The molecule has 0 unspecified atom stereocenters. The average Bonchev–Trinajstić information content (AvgIpc) is 2.17. The van der Waals surface area contributed by atoms with Crippen LogP contribution in [-0.4, -0.2) is 23.1 Å². The summed E-state index contributed by atoms with van der Waals surface area (Å²) < 4.78 is 4.88. The van der Waals surface area contributed by atoms with Gasteiger partial charge in [-0.3, -0.25) is 4.79 Å². The number of methoxy groups -OCH3 is 1. The second kappa shape index (κ2) is 5.44. The highest BCUT2D eigenvalue weighted by molar-refractivity contribution is 5.80. The summed E-state index contributed by atoms with van der Waals surface area (Å²) in [6.07, 6.45) is 0.947. The number of aromatic nitrogens is 2. The van der Waals surface area contributed by atoms with Gasteiger partial charge < -0.3 is 4.74 Å². The molecule has 0 bridgehead atoms. The van der Waals surface area contributed by atoms with Gasteiger partial charge in [0.25, 0.3) is 0 Å². The Morgan fingerprint density at radius 3 is 2.60 bits per heavy atom. The molecule has 0 amide bonds. The molecule has 0 N–H and O–H groups in total. The molecule has 15 heavy (non-hydrogen) atoms. The van der Waals surface area contributed by atoms with E-state index in [1.54, 1.807) is 12.1 Å². The number of rotatable bonds is 5. The van der Waals surface area contributed by atoms with Crippen molar-refractivity contribution < 1.29 is 9.53 Å². The molecular weight excluding hydrogens is 192 g/mol. The zero-order valence-electron chi connectivity index (χ0n) is 9.36. The number of hydrogen-bond acceptors (Lipinski definition) is 4. The van der Waals surface area contributed by atoms with Crippen molar-refractivity contribution in [1.29, 1.82) is 0 Å². The molecule has 0 aliphatic rings. The summed E-state index contributed by atoms with van der Waals surface area (Å²) >= 11 is 0. The molecule has 0 fully saturated rings. The standard InChI is InChI=1S/C11H16N2O2/c1-8(2)6-10(14)7-9-4-5-11(15-3)13-12-9/h4-5,8H,6-7H2,1-3H3. The molecule has 1 aromatic rings. The SMILES string of the molecule is COc1ccc(CC(=O)CC(C)C)nn1. The van der Waals surface area contributed by atoms with E-state index < -0.39 is 0 Å². The normalized spacial score (nSPS) is 10.4. The fraction of sp³-hybridized carbons (Fsp3) is 0.545. The van der Waals surface area contributed by atoms with E-state index in [1.165, 1.54) is 7.11 Å². The Kier molecular flexibility index (Phi) is 4.21. The summed E-state index contributed by atoms with van der Waals surface area (Å²) in [6.45, 7) is 4.05. The highest BCUT2D eigenvalue weighted by Gasteiger charge is 2.07. The molecule has 0 saturated heterocycles. The minimum Gasteiger partial charge on any atom is -0.480 e. The maximum atomic E-state index is 11.5. The van der Waals surface area contributed by atoms with Gasteiger partial charge in [0.15, 0.2) is 0 Å². The van der Waals surface area contributed by atoms with E-state index in [2.05, 4.69) is 10.2 Å². The molecule has 0 aromatic carbocycles. The van der Waals surface area contributed by atoms with Crippen LogP contribution < -0.4 is 4.74 Å². The van der Waals surface area contributed by atoms with Crippen LogP contribution in [0.1, 0.15) is 26.0 Å². The van der Waals surface area contributed by atoms with Crippen LogP contribution >= 0.6 is 0 Å². The first-order valence-corrected chi connectivity index (χ1v) is 5.00. The zero-order chi connectivity index (χ0) is 11.3. The molecule has 0 aliphatic heterocycles. The number of Topliss-reactive ketones (excluding diaryl/α,β-unsaturated/α-hetero) is 1. The number of hydrogen-bond donors (Lipinski definition) is 0. The largest absolute Gasteiger partial charge is 0.480 e. The number of nitrogens with zero attached hydrogens (tertiary/aromatic N) is 2. The van der Waals surface area contributed by atoms with Gasteiger partial charge in [-0.05, 0) is 12.0 Å². The molecule has 1 aromatic heterocycles. The van der Waals surface area contributed by atoms with E-state index in [9.17, 15) is 4.79 Å². The third-order valence-corrected chi connectivity index (χ3v) is 1.92. The minimum atomic E-state index is 0.199. The monoisotopic (exact) mass is 208 g/mol. The Bertz CT molecular complexity index is 320. The molecule has 0 saturated carbocycles. The summed E-state index contributed by atoms with van der Waals surface area (Å²) in [5.41, 5.74) is 0.696. The molecular formula is C11H16N2O2. The highest BCUT2D eigenvalue weighted by Crippen LogP contribution is 2.07. The number of ether oxygens (including phenoxy) is 1. The second-order valence-electron chi connectivity index (χ2n) is 3.88. The van der Waals surface area contributed by atoms with Crippen molar-refractivity contribution in [3.63, 3.8) is 0 Å². The predicted molar refractivity (Wildman–Crippen MR) is 56.8 cm³/mol. The first kappa shape index (κ1) is 11.6. The van der Waals surface area contributed by atoms with Gasteiger partial charge in [0.1, 0.15) is 5.78 Å². The maximum absolute atomic E-state index is 11.5. The minimum absolute atomic E-state index is 0.199. The topological polar surface area (TPSA) is 52.1 Å². The molecule has 82 valence electrons. The van der Waals surface area contributed by atoms with Crippen molar-refractivity contribution in [2.75, 3.05) is 7.11 Å². The van der Waals surface area contributed by atoms with E-state index in [0.29, 0.717) is 30.3 Å². The van der Waals surface area contributed by atoms with Crippen molar-refractivity contribution in [3.05, 3.63) is 17.8 Å². The van der Waals surface area contributed by atoms with Crippen molar-refractivity contribution >= 4 is 5.78 Å². The third-order valence-electron chi connectivity index (χ3n) is 1.92. The van der Waals surface area contributed by atoms with Crippen LogP contribution in [-0.2, 0) is 11.2 Å². The summed E-state index contributed by atoms with van der Waals surface area (Å²) in [7, 11) is 1.54. The lowest BCUT2D eigenvalue weighted by Gasteiger charge is -2.03. The van der Waals surface area contributed by atoms with Crippen LogP contribution in [0.15, 0.2) is 12.1 Å². The fourth-order valence-corrected chi connectivity index (χ4v) is 1.28. The Balaban J connectivity index is 2.53. The van der Waals surface area contributed by atoms with Gasteiger partial charge in [-0.1, -0.05) is 13.8 Å². The van der Waals surface area contributed by atoms with E-state index in [4.69, 9.17) is 4.74 Å². The quantitative estimate of drug-likeness (QED) is 0.738. The van der Waals surface area contributed by atoms with Crippen molar-refractivity contribution in [2.24, 2.45) is 5.92 Å². The maximum Gasteiger partial charge on any atom is 0.233 e. The van der Waals surface area contributed by atoms with Gasteiger partial charge in [0, 0.05) is 12.5 Å². The van der Waals surface area contributed by atoms with Gasteiger partial charge in [-0.2, -0.15) is 5.10 Å². The van der Waals surface area contributed by atoms with Gasteiger partial charge in [0.05, 0.1) is 19.2 Å². The van der Waals surface area contributed by atoms with E-state index in [1.807, 2.05) is 13.8 Å². The van der Waals surface area contributed by atoms with Crippen molar-refractivity contribution in [3.8, 4) is 5.88 Å². The first-order valence-electron chi connectivity index (χ1n) is 5.00. The van der Waals surface area contributed by atoms with Crippen LogP contribution in [0.4, 0.5) is 0 Å². The van der Waals surface area contributed by atoms with Gasteiger partial charge in [-0.25, -0.2) is 0 Å². The lowest BCUT2D eigenvalue weighted by Crippen LogP contribution is -2.08. The molecule has 0 aliphatic carbocycles. The van der Waals surface area contributed by atoms with E-state index in [-0.39, 0.29) is 5.78 Å². The Labute approximate surface area is 89.7 Å². The number of carbonyl (C=O) groups excluding carboxylic acids is 1. The lowest BCUT2D eigenvalue weighted by atomic mass is 10.0. The van der Waals surface area contributed by atoms with Crippen LogP contribution in [0.2, 0.25) is 0 Å². The van der Waals surface area contributed by atoms with Crippen LogP contribution in [0.3, 0.4) is 0 Å². The van der Waals surface area contributed by atoms with Gasteiger partial charge in [-0.15, -0.1) is 5.10 Å². The molecule has 0 atom stereocenters. The molecule has 1 rings (SSSR count). The smallest absolute Gasteiger partial charge is 0.233 e. The van der Waals surface area contributed by atoms with E-state index >= 15 is 0 Å². The summed E-state index contributed by atoms with van der Waals surface area (Å²) in [6, 6.07) is 3.48. The Morgan fingerprint density at radius 2 is 2.13 bits per heavy atom. The molecule has 4 nitrogen and oxygen atoms in total. The Hall–Kier alpha value is -1.45. The molecule has 1 heterocycles. The Morgan fingerprint density at radius 1 is 1.40 bits per heavy atom. The van der Waals surface area contributed by atoms with Gasteiger partial charge in [0.2, 0.25) is 5.88 Å². The second-order valence-corrected chi connectivity index (χ2v) is 3.88. The van der Waals surface area contributed by atoms with Gasteiger partial charge >= 0.3 is 0 Å².